The van der Waals surface area contributed by atoms with Crippen molar-refractivity contribution in [2.45, 2.75) is 53.4 Å². The quantitative estimate of drug-likeness (QED) is 0.397. The number of hydrogen-bond donors (Lipinski definition) is 2. The molecule has 0 spiro atoms. The van der Waals surface area contributed by atoms with E-state index in [2.05, 4.69) is 26.4 Å². The van der Waals surface area contributed by atoms with Crippen LogP contribution in [0.15, 0.2) is 62.9 Å². The van der Waals surface area contributed by atoms with Crippen LogP contribution in [-0.4, -0.2) is 46.2 Å². The van der Waals surface area contributed by atoms with Gasteiger partial charge in [-0.1, -0.05) is 0 Å². The van der Waals surface area contributed by atoms with Crippen molar-refractivity contribution < 1.29 is 38.7 Å². The molecule has 6 bridgehead atoms. The first-order valence-electron chi connectivity index (χ1n) is 14.2. The molecule has 2 aromatic rings. The van der Waals surface area contributed by atoms with Crippen LogP contribution in [0.4, 0.5) is 0 Å². The molecule has 0 amide bonds. The summed E-state index contributed by atoms with van der Waals surface area (Å²) in [6.07, 6.45) is 12.2. The van der Waals surface area contributed by atoms with Crippen LogP contribution >= 0.6 is 10.1 Å². The molecule has 0 saturated carbocycles. The Morgan fingerprint density at radius 2 is 1.42 bits per heavy atom. The molecule has 6 heterocycles. The first kappa shape index (κ1) is 32.2. The fourth-order valence-electron chi connectivity index (χ4n) is 6.26. The Labute approximate surface area is 269 Å². The van der Waals surface area contributed by atoms with Crippen molar-refractivity contribution in [3.8, 4) is 0 Å². The second-order valence-corrected chi connectivity index (χ2v) is 13.7. The maximum atomic E-state index is 11.8. The number of hydrogen-bond acceptors (Lipinski definition) is 4. The summed E-state index contributed by atoms with van der Waals surface area (Å²) in [4.78, 5) is 33.5. The summed E-state index contributed by atoms with van der Waals surface area (Å²) in [6, 6.07) is 0. The van der Waals surface area contributed by atoms with Crippen molar-refractivity contribution in [2.75, 3.05) is 0 Å². The van der Waals surface area contributed by atoms with E-state index in [9.17, 15) is 19.8 Å². The third-order valence-electron chi connectivity index (χ3n) is 8.67. The van der Waals surface area contributed by atoms with Gasteiger partial charge in [0.15, 0.2) is 0 Å². The van der Waals surface area contributed by atoms with Gasteiger partial charge in [0.1, 0.15) is 0 Å². The summed E-state index contributed by atoms with van der Waals surface area (Å²) in [6.45, 7) is 16.3. The normalized spacial score (nSPS) is 20.8. The molecule has 9 nitrogen and oxygen atoms in total. The minimum absolute atomic E-state index is 0. The van der Waals surface area contributed by atoms with E-state index >= 15 is 0 Å². The molecule has 0 aliphatic carbocycles. The molecule has 0 saturated heterocycles. The van der Waals surface area contributed by atoms with E-state index in [1.165, 1.54) is 0 Å². The van der Waals surface area contributed by atoms with Gasteiger partial charge in [0, 0.05) is 0 Å². The van der Waals surface area contributed by atoms with Crippen LogP contribution in [-0.2, 0) is 29.4 Å². The van der Waals surface area contributed by atoms with Gasteiger partial charge in [-0.25, -0.2) is 0 Å². The van der Waals surface area contributed by atoms with E-state index in [0.717, 1.165) is 83.7 Å². The molecule has 6 rings (SSSR count). The standard InChI is InChI=1S/C34H34N4O4.ClH.Fe.H2O/c1-7-21-17(3)25-13-26-19(5)23(9-11-33(39)40)31(37-26)16-32-24(10-12-34(41)42)20(6)28(38-32)15-30-22(8-2)18(4)27(36-30)14-29(21)35-25;;;/h7-8,13-16H,1-2,9-12H2,3-6H3,(H4,35,36,37,38,39,40,41,42);1H;;1H2/q;;+3;/p-3/b25-13?,26-13-,27-14-,28-15-,29-14?,30-15?,31-16?,32-16-;;;. The number of aliphatic imine (C=N–C) groups is 2. The van der Waals surface area contributed by atoms with Crippen LogP contribution in [0.3, 0.4) is 0 Å². The summed E-state index contributed by atoms with van der Waals surface area (Å²) >= 11 is -1.91. The monoisotopic (exact) mass is 669 g/mol. The molecular formula is C34H34ClFeN4O5. The van der Waals surface area contributed by atoms with Gasteiger partial charge in [-0.05, 0) is 0 Å². The number of aliphatic carboxylic acids is 2. The van der Waals surface area contributed by atoms with E-state index in [4.69, 9.17) is 20.1 Å². The predicted octanol–water partition coefficient (Wildman–Crippen LogP) is 4.60. The van der Waals surface area contributed by atoms with Crippen LogP contribution < -0.4 is 10.7 Å². The third-order valence-corrected chi connectivity index (χ3v) is 11.5. The Morgan fingerprint density at radius 1 is 0.822 bits per heavy atom. The summed E-state index contributed by atoms with van der Waals surface area (Å²) in [7, 11) is 7.69. The molecule has 0 atom stereocenters. The Morgan fingerprint density at radius 3 is 2.07 bits per heavy atom. The third kappa shape index (κ3) is 5.08. The van der Waals surface area contributed by atoms with E-state index in [1.54, 1.807) is 0 Å². The van der Waals surface area contributed by atoms with Gasteiger partial charge < -0.3 is 5.48 Å². The minimum Gasteiger partial charge on any atom is -0.412 e. The summed E-state index contributed by atoms with van der Waals surface area (Å²) in [5, 5.41) is 20.8. The van der Waals surface area contributed by atoms with Crippen LogP contribution in [0.2, 0.25) is 0 Å². The number of aromatic nitrogens is 2. The zero-order chi connectivity index (χ0) is 31.6. The van der Waals surface area contributed by atoms with E-state index in [1.807, 2.05) is 58.1 Å². The van der Waals surface area contributed by atoms with Crippen molar-refractivity contribution in [3.05, 3.63) is 97.3 Å². The molecule has 235 valence electrons. The van der Waals surface area contributed by atoms with Gasteiger partial charge in [-0.2, -0.15) is 0 Å². The number of rotatable bonds is 8. The van der Waals surface area contributed by atoms with Crippen molar-refractivity contribution in [1.29, 1.82) is 0 Å². The fourth-order valence-corrected chi connectivity index (χ4v) is 9.36. The zero-order valence-corrected chi connectivity index (χ0v) is 27.3. The van der Waals surface area contributed by atoms with Gasteiger partial charge in [-0.15, -0.1) is 0 Å². The van der Waals surface area contributed by atoms with Gasteiger partial charge in [-0.3, -0.25) is 0 Å². The maximum Gasteiger partial charge on any atom is -0.412 e. The Bertz CT molecular complexity index is 2070. The molecule has 4 aliphatic heterocycles. The number of carboxylic acids is 2. The molecule has 0 aromatic carbocycles. The number of nitrogens with zero attached hydrogens (tertiary/aromatic N) is 4. The van der Waals surface area contributed by atoms with E-state index in [-0.39, 0.29) is 24.7 Å². The molecule has 0 fully saturated rings. The summed E-state index contributed by atoms with van der Waals surface area (Å²) in [5.41, 5.74) is 12.1. The largest absolute Gasteiger partial charge is 0.412 e. The number of fused-ring (bicyclic) bond motifs is 2. The smallest absolute Gasteiger partial charge is 0.412 e. The van der Waals surface area contributed by atoms with E-state index in [0.29, 0.717) is 12.1 Å². The van der Waals surface area contributed by atoms with Crippen molar-refractivity contribution >= 4 is 63.8 Å². The molecule has 0 unspecified atom stereocenters. The second kappa shape index (κ2) is 11.9. The minimum atomic E-state index is -1.91. The average molecular weight is 670 g/mol. The first-order valence-corrected chi connectivity index (χ1v) is 16.7. The Hall–Kier alpha value is -4.21. The molecular weight excluding hydrogens is 636 g/mol. The molecule has 4 aliphatic rings. The number of carbonyl (C=O) groups is 2. The van der Waals surface area contributed by atoms with Crippen molar-refractivity contribution in [3.63, 3.8) is 0 Å². The summed E-state index contributed by atoms with van der Waals surface area (Å²) in [5.74, 6) is -1.78. The number of halogens is 1. The maximum absolute atomic E-state index is 11.8. The van der Waals surface area contributed by atoms with Crippen LogP contribution in [0.25, 0.3) is 30.4 Å². The van der Waals surface area contributed by atoms with Crippen molar-refractivity contribution in [2.24, 2.45) is 9.98 Å². The number of carboxylic acid groups (broad SMARTS) is 2. The number of allylic oxidation sites excluding steroid dienone is 5. The van der Waals surface area contributed by atoms with Gasteiger partial charge >= 0.3 is 265 Å². The van der Waals surface area contributed by atoms with Crippen LogP contribution in [0, 0.1) is 13.8 Å². The summed E-state index contributed by atoms with van der Waals surface area (Å²) < 4.78 is 4.25. The van der Waals surface area contributed by atoms with E-state index < -0.39 is 25.4 Å². The predicted molar refractivity (Wildman–Crippen MR) is 176 cm³/mol. The van der Waals surface area contributed by atoms with Crippen molar-refractivity contribution in [1.82, 2.24) is 7.17 Å². The van der Waals surface area contributed by atoms with Gasteiger partial charge in [0.2, 0.25) is 0 Å². The fraction of sp³-hybridized carbons (Fsp3) is 0.235. The van der Waals surface area contributed by atoms with Gasteiger partial charge in [0.05, 0.1) is 0 Å². The topological polar surface area (TPSA) is 141 Å². The molecule has 4 N–H and O–H groups in total. The average Bonchev–Trinajstić information content (AvgIpc) is 3.60. The SMILES string of the molecule is C=CC1=C(C)/C2=C/c3c(C=C)c(C)c4[n]3[Fe]([Cl])[n]3/c(c(C)c(CCC(=O)O)/c3=C/C3=NC(=C\4)/C(C)=C3CCC(=O)O)=C\C1=N2.O. The first-order chi connectivity index (χ1) is 21.0. The second-order valence-electron chi connectivity index (χ2n) is 11.1. The Balaban J connectivity index is 0.00000400. The molecule has 45 heavy (non-hydrogen) atoms. The van der Waals surface area contributed by atoms with Crippen LogP contribution in [0.1, 0.15) is 66.8 Å². The molecule has 0 radical (unpaired) electrons. The molecule has 11 heteroatoms. The Kier molecular flexibility index (Phi) is 8.55. The zero-order valence-electron chi connectivity index (χ0n) is 25.4. The van der Waals surface area contributed by atoms with Gasteiger partial charge in [0.25, 0.3) is 0 Å². The molecule has 2 aromatic heterocycles. The van der Waals surface area contributed by atoms with Crippen LogP contribution in [0.5, 0.6) is 0 Å².